The average Bonchev–Trinajstić information content (AvgIpc) is 2.65. The minimum atomic E-state index is -0.00513. The molecule has 0 amide bonds. The van der Waals surface area contributed by atoms with Gasteiger partial charge in [-0.3, -0.25) is 15.1 Å². The largest absolute Gasteiger partial charge is 0.364 e. The van der Waals surface area contributed by atoms with Gasteiger partial charge in [0.15, 0.2) is 0 Å². The van der Waals surface area contributed by atoms with E-state index in [0.29, 0.717) is 0 Å². The monoisotopic (exact) mass is 217 g/mol. The molecule has 2 aromatic heterocycles. The van der Waals surface area contributed by atoms with Crippen LogP contribution in [-0.4, -0.2) is 25.7 Å². The zero-order valence-electron chi connectivity index (χ0n) is 9.65. The van der Waals surface area contributed by atoms with Gasteiger partial charge in [-0.25, -0.2) is 0 Å². The quantitative estimate of drug-likeness (QED) is 0.808. The topological polar surface area (TPSA) is 66.5 Å². The van der Waals surface area contributed by atoms with E-state index in [4.69, 9.17) is 0 Å². The average molecular weight is 217 g/mol. The van der Waals surface area contributed by atoms with Crippen molar-refractivity contribution in [3.05, 3.63) is 24.7 Å². The summed E-state index contributed by atoms with van der Waals surface area (Å²) in [6.45, 7) is 6.26. The number of H-pyrrole nitrogens is 1. The summed E-state index contributed by atoms with van der Waals surface area (Å²) in [7, 11) is 0. The van der Waals surface area contributed by atoms with Crippen LogP contribution < -0.4 is 5.32 Å². The molecule has 5 heteroatoms. The predicted molar refractivity (Wildman–Crippen MR) is 63.0 cm³/mol. The van der Waals surface area contributed by atoms with Gasteiger partial charge in [-0.15, -0.1) is 0 Å². The normalized spacial score (nSPS) is 11.4. The smallest absolute Gasteiger partial charge is 0.148 e. The van der Waals surface area contributed by atoms with Crippen molar-refractivity contribution >= 4 is 5.82 Å². The predicted octanol–water partition coefficient (Wildman–Crippen LogP) is 2.08. The molecule has 2 aromatic rings. The van der Waals surface area contributed by atoms with Crippen LogP contribution in [0.2, 0.25) is 0 Å². The summed E-state index contributed by atoms with van der Waals surface area (Å²) >= 11 is 0. The Bertz CT molecular complexity index is 455. The summed E-state index contributed by atoms with van der Waals surface area (Å²) in [5.74, 6) is 0.813. The highest BCUT2D eigenvalue weighted by Gasteiger charge is 2.12. The molecule has 0 aliphatic carbocycles. The molecule has 0 radical (unpaired) electrons. The van der Waals surface area contributed by atoms with Crippen molar-refractivity contribution in [2.45, 2.75) is 26.3 Å². The lowest BCUT2D eigenvalue weighted by atomic mass is 10.1. The third kappa shape index (κ3) is 2.56. The van der Waals surface area contributed by atoms with Gasteiger partial charge < -0.3 is 5.32 Å². The van der Waals surface area contributed by atoms with E-state index in [1.54, 1.807) is 18.6 Å². The Kier molecular flexibility index (Phi) is 2.60. The van der Waals surface area contributed by atoms with Gasteiger partial charge >= 0.3 is 0 Å². The lowest BCUT2D eigenvalue weighted by Gasteiger charge is -2.19. The molecule has 84 valence electrons. The van der Waals surface area contributed by atoms with Gasteiger partial charge in [-0.1, -0.05) is 0 Å². The molecule has 16 heavy (non-hydrogen) atoms. The van der Waals surface area contributed by atoms with Gasteiger partial charge in [0.2, 0.25) is 0 Å². The van der Waals surface area contributed by atoms with Crippen LogP contribution in [0.1, 0.15) is 20.8 Å². The maximum atomic E-state index is 4.20. The summed E-state index contributed by atoms with van der Waals surface area (Å²) in [5, 5.41) is 10.4. The Balaban J connectivity index is 2.21. The van der Waals surface area contributed by atoms with Gasteiger partial charge in [0, 0.05) is 24.0 Å². The molecule has 0 aliphatic heterocycles. The van der Waals surface area contributed by atoms with Crippen LogP contribution >= 0.6 is 0 Å². The first kappa shape index (κ1) is 10.6. The zero-order valence-corrected chi connectivity index (χ0v) is 9.65. The van der Waals surface area contributed by atoms with E-state index in [9.17, 15) is 0 Å². The molecule has 0 bridgehead atoms. The molecular formula is C11H15N5. The lowest BCUT2D eigenvalue weighted by molar-refractivity contribution is 0.630. The first-order valence-electron chi connectivity index (χ1n) is 5.14. The van der Waals surface area contributed by atoms with Crippen molar-refractivity contribution < 1.29 is 0 Å². The highest BCUT2D eigenvalue weighted by molar-refractivity contribution is 5.58. The Morgan fingerprint density at radius 1 is 1.25 bits per heavy atom. The van der Waals surface area contributed by atoms with E-state index in [1.807, 2.05) is 6.07 Å². The standard InChI is InChI=1S/C11H15N5/c1-11(2,3)14-10-6-8(15-16-10)9-7-12-4-5-13-9/h4-7H,1-3H3,(H2,14,15,16). The molecule has 2 heterocycles. The number of rotatable bonds is 2. The number of aromatic nitrogens is 4. The van der Waals surface area contributed by atoms with Crippen molar-refractivity contribution in [1.29, 1.82) is 0 Å². The second-order valence-electron chi connectivity index (χ2n) is 4.63. The second-order valence-corrected chi connectivity index (χ2v) is 4.63. The molecule has 2 N–H and O–H groups in total. The first-order chi connectivity index (χ1) is 7.54. The number of nitrogens with one attached hydrogen (secondary N) is 2. The van der Waals surface area contributed by atoms with Gasteiger partial charge in [0.05, 0.1) is 11.9 Å². The van der Waals surface area contributed by atoms with Gasteiger partial charge in [-0.05, 0) is 20.8 Å². The van der Waals surface area contributed by atoms with E-state index in [2.05, 4.69) is 46.3 Å². The van der Waals surface area contributed by atoms with Gasteiger partial charge in [0.1, 0.15) is 11.5 Å². The maximum absolute atomic E-state index is 4.20. The maximum Gasteiger partial charge on any atom is 0.148 e. The van der Waals surface area contributed by atoms with E-state index < -0.39 is 0 Å². The number of hydrogen-bond acceptors (Lipinski definition) is 4. The molecule has 2 rings (SSSR count). The van der Waals surface area contributed by atoms with E-state index in [0.717, 1.165) is 17.2 Å². The van der Waals surface area contributed by atoms with Gasteiger partial charge in [0.25, 0.3) is 0 Å². The van der Waals surface area contributed by atoms with Crippen LogP contribution in [0.5, 0.6) is 0 Å². The molecule has 0 spiro atoms. The van der Waals surface area contributed by atoms with Crippen LogP contribution in [0.15, 0.2) is 24.7 Å². The second kappa shape index (κ2) is 3.92. The van der Waals surface area contributed by atoms with Crippen LogP contribution in [0.25, 0.3) is 11.4 Å². The third-order valence-electron chi connectivity index (χ3n) is 1.92. The first-order valence-corrected chi connectivity index (χ1v) is 5.14. The van der Waals surface area contributed by atoms with Crippen LogP contribution in [0.3, 0.4) is 0 Å². The van der Waals surface area contributed by atoms with Crippen LogP contribution in [-0.2, 0) is 0 Å². The minimum Gasteiger partial charge on any atom is -0.364 e. The van der Waals surface area contributed by atoms with Gasteiger partial charge in [-0.2, -0.15) is 5.10 Å². The summed E-state index contributed by atoms with van der Waals surface area (Å²) in [6, 6.07) is 1.93. The SMILES string of the molecule is CC(C)(C)Nc1cc(-c2cnccn2)[nH]n1. The number of hydrogen-bond donors (Lipinski definition) is 2. The molecule has 5 nitrogen and oxygen atoms in total. The third-order valence-corrected chi connectivity index (χ3v) is 1.92. The van der Waals surface area contributed by atoms with Crippen molar-refractivity contribution in [3.8, 4) is 11.4 Å². The summed E-state index contributed by atoms with van der Waals surface area (Å²) < 4.78 is 0. The fourth-order valence-corrected chi connectivity index (χ4v) is 1.34. The molecule has 0 fully saturated rings. The minimum absolute atomic E-state index is 0.00513. The molecular weight excluding hydrogens is 202 g/mol. The number of anilines is 1. The molecule has 0 aromatic carbocycles. The van der Waals surface area contributed by atoms with Crippen molar-refractivity contribution in [1.82, 2.24) is 20.2 Å². The lowest BCUT2D eigenvalue weighted by Crippen LogP contribution is -2.26. The number of nitrogens with zero attached hydrogens (tertiary/aromatic N) is 3. The molecule has 0 atom stereocenters. The van der Waals surface area contributed by atoms with E-state index in [1.165, 1.54) is 0 Å². The summed E-state index contributed by atoms with van der Waals surface area (Å²) in [6.07, 6.45) is 5.01. The molecule has 0 saturated heterocycles. The molecule has 0 saturated carbocycles. The fraction of sp³-hybridized carbons (Fsp3) is 0.364. The van der Waals surface area contributed by atoms with Crippen molar-refractivity contribution in [2.75, 3.05) is 5.32 Å². The Hall–Kier alpha value is -1.91. The molecule has 0 unspecified atom stereocenters. The van der Waals surface area contributed by atoms with Crippen molar-refractivity contribution in [3.63, 3.8) is 0 Å². The van der Waals surface area contributed by atoms with E-state index in [-0.39, 0.29) is 5.54 Å². The van der Waals surface area contributed by atoms with E-state index >= 15 is 0 Å². The number of aromatic amines is 1. The van der Waals surface area contributed by atoms with Crippen molar-refractivity contribution in [2.24, 2.45) is 0 Å². The highest BCUT2D eigenvalue weighted by atomic mass is 15.2. The highest BCUT2D eigenvalue weighted by Crippen LogP contribution is 2.18. The summed E-state index contributed by atoms with van der Waals surface area (Å²) in [4.78, 5) is 8.21. The zero-order chi connectivity index (χ0) is 11.6. The molecule has 0 aliphatic rings. The fourth-order valence-electron chi connectivity index (χ4n) is 1.34. The Labute approximate surface area is 94.3 Å². The Morgan fingerprint density at radius 2 is 2.06 bits per heavy atom. The summed E-state index contributed by atoms with van der Waals surface area (Å²) in [5.41, 5.74) is 1.64. The van der Waals surface area contributed by atoms with Crippen LogP contribution in [0, 0.1) is 0 Å². The Morgan fingerprint density at radius 3 is 2.69 bits per heavy atom. The van der Waals surface area contributed by atoms with Crippen LogP contribution in [0.4, 0.5) is 5.82 Å².